The van der Waals surface area contributed by atoms with E-state index in [0.29, 0.717) is 36.1 Å². The molecule has 0 radical (unpaired) electrons. The fraction of sp³-hybridized carbons (Fsp3) is 0.269. The van der Waals surface area contributed by atoms with Crippen LogP contribution in [0, 0.1) is 5.92 Å². The molecule has 5 rings (SSSR count). The Balaban J connectivity index is 1.48. The number of Topliss-reactive ketones (excluding diaryl/α,β-unsaturated/α-hetero) is 1. The minimum atomic E-state index is -4.50. The molecule has 9 heteroatoms. The maximum atomic E-state index is 13.3. The number of ketones is 1. The first-order valence-electron chi connectivity index (χ1n) is 11.3. The van der Waals surface area contributed by atoms with Crippen LogP contribution in [0.3, 0.4) is 0 Å². The van der Waals surface area contributed by atoms with Crippen molar-refractivity contribution in [3.63, 3.8) is 0 Å². The van der Waals surface area contributed by atoms with E-state index in [4.69, 9.17) is 4.74 Å². The molecular weight excluding hydrogens is 457 g/mol. The Labute approximate surface area is 199 Å². The molecule has 35 heavy (non-hydrogen) atoms. The van der Waals surface area contributed by atoms with Crippen LogP contribution in [0.4, 0.5) is 24.7 Å². The molecule has 0 saturated heterocycles. The standard InChI is InChI=1S/C26H23F3N4O2/c1-35-22-10-8-17(26(27,28)29)13-20(22)33-25-23-18-12-16(21(34)11-15-5-3-2-4-6-15)7-9-19(18)32-24(23)30-14-31-25/h2-6,8,10,13-14,16H,7,9,11-12H2,1H3,(H2,30,31,32,33). The van der Waals surface area contributed by atoms with Gasteiger partial charge in [-0.15, -0.1) is 0 Å². The van der Waals surface area contributed by atoms with Crippen LogP contribution in [-0.2, 0) is 30.2 Å². The third-order valence-corrected chi connectivity index (χ3v) is 6.43. The lowest BCUT2D eigenvalue weighted by Gasteiger charge is -2.22. The van der Waals surface area contributed by atoms with Crippen LogP contribution < -0.4 is 10.1 Å². The number of nitrogens with zero attached hydrogens (tertiary/aromatic N) is 2. The molecule has 4 aromatic rings. The number of carbonyl (C=O) groups is 1. The first kappa shape index (κ1) is 22.9. The number of rotatable bonds is 6. The van der Waals surface area contributed by atoms with Gasteiger partial charge in [0, 0.05) is 18.0 Å². The molecule has 2 N–H and O–H groups in total. The Bertz CT molecular complexity index is 1380. The van der Waals surface area contributed by atoms with Gasteiger partial charge in [0.1, 0.15) is 29.3 Å². The topological polar surface area (TPSA) is 79.9 Å². The molecule has 1 aliphatic rings. The lowest BCUT2D eigenvalue weighted by Crippen LogP contribution is -2.24. The molecule has 0 saturated carbocycles. The summed E-state index contributed by atoms with van der Waals surface area (Å²) in [5, 5.41) is 3.70. The van der Waals surface area contributed by atoms with Crippen LogP contribution in [0.15, 0.2) is 54.9 Å². The Hall–Kier alpha value is -3.88. The van der Waals surface area contributed by atoms with Crippen LogP contribution in [0.5, 0.6) is 5.75 Å². The van der Waals surface area contributed by atoms with Crippen molar-refractivity contribution in [3.05, 3.63) is 77.2 Å². The minimum Gasteiger partial charge on any atom is -0.495 e. The lowest BCUT2D eigenvalue weighted by molar-refractivity contribution is -0.137. The Morgan fingerprint density at radius 1 is 1.17 bits per heavy atom. The van der Waals surface area contributed by atoms with Crippen molar-refractivity contribution in [1.29, 1.82) is 0 Å². The van der Waals surface area contributed by atoms with Crippen molar-refractivity contribution in [2.24, 2.45) is 5.92 Å². The van der Waals surface area contributed by atoms with Crippen LogP contribution in [-0.4, -0.2) is 27.8 Å². The monoisotopic (exact) mass is 480 g/mol. The number of fused-ring (bicyclic) bond motifs is 3. The number of ether oxygens (including phenoxy) is 1. The first-order chi connectivity index (χ1) is 16.8. The molecule has 6 nitrogen and oxygen atoms in total. The normalized spacial score (nSPS) is 15.6. The number of carbonyl (C=O) groups excluding carboxylic acids is 1. The van der Waals surface area contributed by atoms with Gasteiger partial charge < -0.3 is 15.0 Å². The number of alkyl halides is 3. The van der Waals surface area contributed by atoms with Gasteiger partial charge in [0.25, 0.3) is 0 Å². The third-order valence-electron chi connectivity index (χ3n) is 6.43. The van der Waals surface area contributed by atoms with E-state index in [1.54, 1.807) is 0 Å². The third kappa shape index (κ3) is 4.58. The zero-order valence-electron chi connectivity index (χ0n) is 18.9. The zero-order chi connectivity index (χ0) is 24.6. The molecule has 2 aromatic carbocycles. The second-order valence-corrected chi connectivity index (χ2v) is 8.63. The summed E-state index contributed by atoms with van der Waals surface area (Å²) in [5.41, 5.74) is 2.80. The van der Waals surface area contributed by atoms with Gasteiger partial charge in [0.2, 0.25) is 0 Å². The Kier molecular flexibility index (Phi) is 5.92. The van der Waals surface area contributed by atoms with Crippen molar-refractivity contribution in [3.8, 4) is 5.75 Å². The number of aryl methyl sites for hydroxylation is 1. The molecule has 1 atom stereocenters. The summed E-state index contributed by atoms with van der Waals surface area (Å²) in [5.74, 6) is 0.631. The van der Waals surface area contributed by atoms with E-state index in [-0.39, 0.29) is 23.1 Å². The van der Waals surface area contributed by atoms with Crippen LogP contribution in [0.1, 0.15) is 28.8 Å². The molecule has 1 aliphatic carbocycles. The maximum Gasteiger partial charge on any atom is 0.416 e. The molecular formula is C26H23F3N4O2. The van der Waals surface area contributed by atoms with Crippen LogP contribution >= 0.6 is 0 Å². The fourth-order valence-electron chi connectivity index (χ4n) is 4.66. The summed E-state index contributed by atoms with van der Waals surface area (Å²) in [4.78, 5) is 25.0. The zero-order valence-corrected chi connectivity index (χ0v) is 18.9. The second-order valence-electron chi connectivity index (χ2n) is 8.63. The molecule has 0 fully saturated rings. The highest BCUT2D eigenvalue weighted by molar-refractivity contribution is 5.95. The number of halogens is 3. The summed E-state index contributed by atoms with van der Waals surface area (Å²) in [6, 6.07) is 12.9. The highest BCUT2D eigenvalue weighted by Gasteiger charge is 2.32. The van der Waals surface area contributed by atoms with Crippen molar-refractivity contribution < 1.29 is 22.7 Å². The average Bonchev–Trinajstić information content (AvgIpc) is 3.23. The van der Waals surface area contributed by atoms with E-state index >= 15 is 0 Å². The smallest absolute Gasteiger partial charge is 0.416 e. The minimum absolute atomic E-state index is 0.143. The number of anilines is 2. The highest BCUT2D eigenvalue weighted by Crippen LogP contribution is 2.39. The Morgan fingerprint density at radius 2 is 1.97 bits per heavy atom. The van der Waals surface area contributed by atoms with E-state index in [1.165, 1.54) is 19.5 Å². The predicted molar refractivity (Wildman–Crippen MR) is 126 cm³/mol. The van der Waals surface area contributed by atoms with Crippen molar-refractivity contribution in [1.82, 2.24) is 15.0 Å². The number of hydrogen-bond acceptors (Lipinski definition) is 5. The number of H-pyrrole nitrogens is 1. The van der Waals surface area contributed by atoms with Gasteiger partial charge in [-0.05, 0) is 48.6 Å². The summed E-state index contributed by atoms with van der Waals surface area (Å²) in [7, 11) is 1.39. The second kappa shape index (κ2) is 9.05. The Morgan fingerprint density at radius 3 is 2.71 bits per heavy atom. The molecule has 0 spiro atoms. The number of aromatic nitrogens is 3. The number of benzene rings is 2. The average molecular weight is 480 g/mol. The van der Waals surface area contributed by atoms with Gasteiger partial charge in [-0.1, -0.05) is 30.3 Å². The number of methoxy groups -OCH3 is 1. The molecule has 0 bridgehead atoms. The van der Waals surface area contributed by atoms with Gasteiger partial charge in [0.15, 0.2) is 0 Å². The van der Waals surface area contributed by atoms with E-state index in [1.807, 2.05) is 30.3 Å². The number of aromatic amines is 1. The molecule has 0 aliphatic heterocycles. The van der Waals surface area contributed by atoms with Crippen LogP contribution in [0.25, 0.3) is 11.0 Å². The largest absolute Gasteiger partial charge is 0.495 e. The van der Waals surface area contributed by atoms with Gasteiger partial charge in [-0.3, -0.25) is 4.79 Å². The molecule has 180 valence electrons. The lowest BCUT2D eigenvalue weighted by atomic mass is 9.82. The van der Waals surface area contributed by atoms with Gasteiger partial charge in [-0.2, -0.15) is 13.2 Å². The van der Waals surface area contributed by atoms with Gasteiger partial charge in [-0.25, -0.2) is 9.97 Å². The first-order valence-corrected chi connectivity index (χ1v) is 11.3. The quantitative estimate of drug-likeness (QED) is 0.373. The molecule has 2 aromatic heterocycles. The van der Waals surface area contributed by atoms with Gasteiger partial charge >= 0.3 is 6.18 Å². The van der Waals surface area contributed by atoms with Crippen molar-refractivity contribution in [2.45, 2.75) is 31.9 Å². The van der Waals surface area contributed by atoms with Crippen molar-refractivity contribution >= 4 is 28.3 Å². The number of nitrogens with one attached hydrogen (secondary N) is 2. The highest BCUT2D eigenvalue weighted by atomic mass is 19.4. The summed E-state index contributed by atoms with van der Waals surface area (Å²) in [6.07, 6.45) is -0.852. The number of hydrogen-bond donors (Lipinski definition) is 2. The summed E-state index contributed by atoms with van der Waals surface area (Å²) in [6.45, 7) is 0. The van der Waals surface area contributed by atoms with E-state index in [2.05, 4.69) is 20.3 Å². The van der Waals surface area contributed by atoms with Crippen LogP contribution in [0.2, 0.25) is 0 Å². The van der Waals surface area contributed by atoms with Crippen molar-refractivity contribution in [2.75, 3.05) is 12.4 Å². The SMILES string of the molecule is COc1ccc(C(F)(F)F)cc1Nc1ncnc2[nH]c3c(c12)CC(C(=O)Cc1ccccc1)CC3. The van der Waals surface area contributed by atoms with E-state index in [9.17, 15) is 18.0 Å². The summed E-state index contributed by atoms with van der Waals surface area (Å²) < 4.78 is 45.2. The molecule has 2 heterocycles. The molecule has 0 amide bonds. The van der Waals surface area contributed by atoms with Gasteiger partial charge in [0.05, 0.1) is 23.7 Å². The predicted octanol–water partition coefficient (Wildman–Crippen LogP) is 5.65. The summed E-state index contributed by atoms with van der Waals surface area (Å²) >= 11 is 0. The van der Waals surface area contributed by atoms with E-state index < -0.39 is 11.7 Å². The fourth-order valence-corrected chi connectivity index (χ4v) is 4.66. The molecule has 1 unspecified atom stereocenters. The van der Waals surface area contributed by atoms with E-state index in [0.717, 1.165) is 35.4 Å². The maximum absolute atomic E-state index is 13.3.